The number of benzene rings is 2. The number of hydrogen-bond acceptors (Lipinski definition) is 6. The zero-order valence-electron chi connectivity index (χ0n) is 18.1. The molecule has 0 aliphatic carbocycles. The highest BCUT2D eigenvalue weighted by Crippen LogP contribution is 2.15. The second-order valence-electron chi connectivity index (χ2n) is 7.10. The molecule has 0 aromatic heterocycles. The number of methoxy groups -OCH3 is 1. The second-order valence-corrected chi connectivity index (χ2v) is 7.10. The first-order valence-corrected chi connectivity index (χ1v) is 10.3. The summed E-state index contributed by atoms with van der Waals surface area (Å²) < 4.78 is 15.6. The lowest BCUT2D eigenvalue weighted by molar-refractivity contribution is -0.151. The van der Waals surface area contributed by atoms with Gasteiger partial charge in [-0.25, -0.2) is 9.59 Å². The molecule has 2 atom stereocenters. The molecule has 2 unspecified atom stereocenters. The van der Waals surface area contributed by atoms with Crippen molar-refractivity contribution in [3.05, 3.63) is 65.7 Å². The summed E-state index contributed by atoms with van der Waals surface area (Å²) in [5.74, 6) is -0.0913. The topological polar surface area (TPSA) is 90.9 Å². The van der Waals surface area contributed by atoms with Gasteiger partial charge in [-0.05, 0) is 49.6 Å². The molecule has 31 heavy (non-hydrogen) atoms. The van der Waals surface area contributed by atoms with Crippen molar-refractivity contribution in [3.8, 4) is 5.75 Å². The van der Waals surface area contributed by atoms with E-state index in [-0.39, 0.29) is 31.3 Å². The average molecular weight is 427 g/mol. The lowest BCUT2D eigenvalue weighted by Gasteiger charge is -2.20. The van der Waals surface area contributed by atoms with Crippen LogP contribution in [0.15, 0.2) is 54.6 Å². The van der Waals surface area contributed by atoms with Gasteiger partial charge < -0.3 is 19.5 Å². The van der Waals surface area contributed by atoms with E-state index in [0.29, 0.717) is 17.7 Å². The summed E-state index contributed by atoms with van der Waals surface area (Å²) in [6.07, 6.45) is -0.241. The quantitative estimate of drug-likeness (QED) is 0.425. The Labute approximate surface area is 182 Å². The number of carbonyl (C=O) groups is 3. The zero-order valence-corrected chi connectivity index (χ0v) is 18.1. The van der Waals surface area contributed by atoms with E-state index in [0.717, 1.165) is 5.56 Å². The van der Waals surface area contributed by atoms with Gasteiger partial charge in [-0.2, -0.15) is 0 Å². The number of hydrogen-bond donors (Lipinski definition) is 1. The summed E-state index contributed by atoms with van der Waals surface area (Å²) in [5, 5.41) is 2.53. The van der Waals surface area contributed by atoms with Gasteiger partial charge in [-0.1, -0.05) is 37.3 Å². The standard InChI is InChI=1S/C24H29NO6/c1-4-17(2)31-23(27)21(25-24(28)30-16-18-8-6-5-7-9-18)14-15-22(26)19-10-12-20(29-3)13-11-19/h5-13,17,21H,4,14-16H2,1-3H3,(H,25,28). The van der Waals surface area contributed by atoms with Crippen molar-refractivity contribution in [1.29, 1.82) is 0 Å². The van der Waals surface area contributed by atoms with Crippen LogP contribution in [0.5, 0.6) is 5.75 Å². The number of carbonyl (C=O) groups excluding carboxylic acids is 3. The first-order chi connectivity index (χ1) is 14.9. The first kappa shape index (κ1) is 23.9. The van der Waals surface area contributed by atoms with E-state index in [9.17, 15) is 14.4 Å². The Morgan fingerprint density at radius 2 is 1.68 bits per heavy atom. The molecule has 0 aliphatic rings. The van der Waals surface area contributed by atoms with E-state index in [2.05, 4.69) is 5.32 Å². The summed E-state index contributed by atoms with van der Waals surface area (Å²) in [6.45, 7) is 3.73. The Balaban J connectivity index is 1.97. The van der Waals surface area contributed by atoms with Gasteiger partial charge in [0.15, 0.2) is 5.78 Å². The van der Waals surface area contributed by atoms with Crippen LogP contribution in [-0.2, 0) is 20.9 Å². The Morgan fingerprint density at radius 1 is 1.00 bits per heavy atom. The Kier molecular flexibility index (Phi) is 9.55. The van der Waals surface area contributed by atoms with Crippen molar-refractivity contribution < 1.29 is 28.6 Å². The normalized spacial score (nSPS) is 12.4. The molecule has 0 saturated carbocycles. The van der Waals surface area contributed by atoms with Crippen molar-refractivity contribution in [2.45, 2.75) is 51.9 Å². The Morgan fingerprint density at radius 3 is 2.29 bits per heavy atom. The van der Waals surface area contributed by atoms with E-state index in [1.54, 1.807) is 38.3 Å². The van der Waals surface area contributed by atoms with Crippen LogP contribution < -0.4 is 10.1 Å². The molecule has 0 spiro atoms. The van der Waals surface area contributed by atoms with Crippen LogP contribution in [0.1, 0.15) is 49.0 Å². The molecule has 0 aliphatic heterocycles. The number of ketones is 1. The zero-order chi connectivity index (χ0) is 22.6. The van der Waals surface area contributed by atoms with E-state index in [1.807, 2.05) is 37.3 Å². The first-order valence-electron chi connectivity index (χ1n) is 10.3. The number of alkyl carbamates (subject to hydrolysis) is 1. The summed E-state index contributed by atoms with van der Waals surface area (Å²) in [5.41, 5.74) is 1.33. The Hall–Kier alpha value is -3.35. The molecule has 1 amide bonds. The van der Waals surface area contributed by atoms with E-state index in [4.69, 9.17) is 14.2 Å². The molecule has 0 saturated heterocycles. The van der Waals surface area contributed by atoms with Crippen molar-refractivity contribution in [3.63, 3.8) is 0 Å². The van der Waals surface area contributed by atoms with E-state index in [1.165, 1.54) is 0 Å². The Bertz CT molecular complexity index is 850. The molecule has 0 radical (unpaired) electrons. The number of esters is 1. The van der Waals surface area contributed by atoms with Crippen LogP contribution in [0, 0.1) is 0 Å². The lowest BCUT2D eigenvalue weighted by atomic mass is 10.0. The minimum atomic E-state index is -0.987. The molecule has 2 rings (SSSR count). The highest BCUT2D eigenvalue weighted by molar-refractivity contribution is 5.96. The molecule has 166 valence electrons. The third kappa shape index (κ3) is 8.12. The molecular weight excluding hydrogens is 398 g/mol. The van der Waals surface area contributed by atoms with Gasteiger partial charge >= 0.3 is 12.1 Å². The van der Waals surface area contributed by atoms with Gasteiger partial charge in [0.1, 0.15) is 18.4 Å². The molecule has 2 aromatic rings. The minimum Gasteiger partial charge on any atom is -0.497 e. The molecule has 7 nitrogen and oxygen atoms in total. The molecule has 7 heteroatoms. The smallest absolute Gasteiger partial charge is 0.408 e. The van der Waals surface area contributed by atoms with Gasteiger partial charge in [0.2, 0.25) is 0 Å². The van der Waals surface area contributed by atoms with Crippen LogP contribution in [0.2, 0.25) is 0 Å². The van der Waals surface area contributed by atoms with Crippen LogP contribution in [0.3, 0.4) is 0 Å². The fourth-order valence-electron chi connectivity index (χ4n) is 2.72. The predicted octanol–water partition coefficient (Wildman–Crippen LogP) is 4.29. The maximum absolute atomic E-state index is 12.5. The fourth-order valence-corrected chi connectivity index (χ4v) is 2.72. The predicted molar refractivity (Wildman–Crippen MR) is 116 cm³/mol. The summed E-state index contributed by atoms with van der Waals surface area (Å²) in [6, 6.07) is 14.9. The van der Waals surface area contributed by atoms with Crippen molar-refractivity contribution >= 4 is 17.8 Å². The number of Topliss-reactive ketones (excluding diaryl/α,β-unsaturated/α-hetero) is 1. The molecule has 0 heterocycles. The fraction of sp³-hybridized carbons (Fsp3) is 0.375. The maximum atomic E-state index is 12.5. The third-order valence-corrected chi connectivity index (χ3v) is 4.75. The largest absolute Gasteiger partial charge is 0.497 e. The van der Waals surface area contributed by atoms with Gasteiger partial charge in [0.25, 0.3) is 0 Å². The highest BCUT2D eigenvalue weighted by Gasteiger charge is 2.25. The van der Waals surface area contributed by atoms with Crippen LogP contribution in [-0.4, -0.2) is 37.1 Å². The van der Waals surface area contributed by atoms with Gasteiger partial charge in [-0.3, -0.25) is 4.79 Å². The average Bonchev–Trinajstić information content (AvgIpc) is 2.80. The van der Waals surface area contributed by atoms with Crippen molar-refractivity contribution in [1.82, 2.24) is 5.32 Å². The van der Waals surface area contributed by atoms with Crippen molar-refractivity contribution in [2.24, 2.45) is 0 Å². The van der Waals surface area contributed by atoms with E-state index < -0.39 is 18.1 Å². The summed E-state index contributed by atoms with van der Waals surface area (Å²) in [4.78, 5) is 37.3. The molecule has 0 fully saturated rings. The highest BCUT2D eigenvalue weighted by atomic mass is 16.6. The number of nitrogens with one attached hydrogen (secondary N) is 1. The van der Waals surface area contributed by atoms with Crippen LogP contribution in [0.25, 0.3) is 0 Å². The summed E-state index contributed by atoms with van der Waals surface area (Å²) in [7, 11) is 1.55. The summed E-state index contributed by atoms with van der Waals surface area (Å²) >= 11 is 0. The van der Waals surface area contributed by atoms with Crippen LogP contribution >= 0.6 is 0 Å². The SMILES string of the molecule is CCC(C)OC(=O)C(CCC(=O)c1ccc(OC)cc1)NC(=O)OCc1ccccc1. The van der Waals surface area contributed by atoms with Crippen molar-refractivity contribution in [2.75, 3.05) is 7.11 Å². The molecule has 2 aromatic carbocycles. The number of amides is 1. The maximum Gasteiger partial charge on any atom is 0.408 e. The monoisotopic (exact) mass is 427 g/mol. The third-order valence-electron chi connectivity index (χ3n) is 4.75. The number of ether oxygens (including phenoxy) is 3. The second kappa shape index (κ2) is 12.4. The lowest BCUT2D eigenvalue weighted by Crippen LogP contribution is -2.43. The van der Waals surface area contributed by atoms with Gasteiger partial charge in [-0.15, -0.1) is 0 Å². The van der Waals surface area contributed by atoms with Gasteiger partial charge in [0, 0.05) is 12.0 Å². The van der Waals surface area contributed by atoms with Crippen LogP contribution in [0.4, 0.5) is 4.79 Å². The van der Waals surface area contributed by atoms with Gasteiger partial charge in [0.05, 0.1) is 13.2 Å². The molecule has 0 bridgehead atoms. The molecular formula is C24H29NO6. The minimum absolute atomic E-state index is 0.0611. The number of rotatable bonds is 11. The van der Waals surface area contributed by atoms with E-state index >= 15 is 0 Å². The molecule has 1 N–H and O–H groups in total.